The fourth-order valence-electron chi connectivity index (χ4n) is 3.21. The number of aryl methyl sites for hydroxylation is 2. The molecule has 0 aromatic heterocycles. The summed E-state index contributed by atoms with van der Waals surface area (Å²) in [6.45, 7) is 3.95. The summed E-state index contributed by atoms with van der Waals surface area (Å²) >= 11 is 0. The van der Waals surface area contributed by atoms with Gasteiger partial charge in [-0.1, -0.05) is 35.9 Å². The summed E-state index contributed by atoms with van der Waals surface area (Å²) in [5, 5.41) is 22.1. The van der Waals surface area contributed by atoms with Crippen LogP contribution in [0.2, 0.25) is 0 Å². The third kappa shape index (κ3) is 3.01. The monoisotopic (exact) mass is 340 g/mol. The molecule has 130 valence electrons. The number of amides is 2. The maximum atomic E-state index is 13.2. The molecule has 0 radical (unpaired) electrons. The summed E-state index contributed by atoms with van der Waals surface area (Å²) in [6.07, 6.45) is -0.360. The van der Waals surface area contributed by atoms with Crippen LogP contribution in [-0.4, -0.2) is 23.7 Å². The third-order valence-corrected chi connectivity index (χ3v) is 4.57. The highest BCUT2D eigenvalue weighted by Crippen LogP contribution is 2.43. The normalized spacial score (nSPS) is 19.2. The van der Waals surface area contributed by atoms with E-state index in [-0.39, 0.29) is 19.5 Å². The van der Waals surface area contributed by atoms with Gasteiger partial charge >= 0.3 is 12.0 Å². The molecule has 0 saturated heterocycles. The van der Waals surface area contributed by atoms with Crippen LogP contribution in [0.15, 0.2) is 42.5 Å². The molecule has 6 nitrogen and oxygen atoms in total. The Morgan fingerprint density at radius 2 is 1.92 bits per heavy atom. The number of carbonyl (C=O) groups excluding carboxylic acids is 1. The number of nitrogens with zero attached hydrogens (tertiary/aromatic N) is 2. The molecule has 0 fully saturated rings. The molecular formula is C19H20N2O4. The Hall–Kier alpha value is -2.70. The van der Waals surface area contributed by atoms with Gasteiger partial charge in [-0.2, -0.15) is 0 Å². The van der Waals surface area contributed by atoms with Crippen molar-refractivity contribution in [2.24, 2.45) is 0 Å². The van der Waals surface area contributed by atoms with E-state index in [0.717, 1.165) is 16.7 Å². The second kappa shape index (κ2) is 6.31. The smallest absolute Gasteiger partial charge is 0.429 e. The minimum Gasteiger partial charge on any atom is -0.618 e. The molecule has 0 aliphatic carbocycles. The maximum Gasteiger partial charge on any atom is 0.429 e. The van der Waals surface area contributed by atoms with Crippen molar-refractivity contribution in [2.45, 2.75) is 26.8 Å². The van der Waals surface area contributed by atoms with Gasteiger partial charge in [-0.3, -0.25) is 9.69 Å². The van der Waals surface area contributed by atoms with E-state index >= 15 is 0 Å². The van der Waals surface area contributed by atoms with E-state index < -0.39 is 16.6 Å². The second-order valence-electron chi connectivity index (χ2n) is 6.39. The standard InChI is InChI=1S/C19H20N2O4/c1-13-7-8-15(14(2)11-13)12-20-16-5-3-4-6-17(16)21(25,19(20)24)10-9-18(22)23/h3-8,11H,9-10,12H2,1-2H3,(H,22,23). The zero-order chi connectivity index (χ0) is 18.2. The van der Waals surface area contributed by atoms with Crippen LogP contribution in [0.5, 0.6) is 0 Å². The molecular weight excluding hydrogens is 320 g/mol. The molecule has 1 aliphatic rings. The van der Waals surface area contributed by atoms with Gasteiger partial charge < -0.3 is 10.3 Å². The molecule has 6 heteroatoms. The number of hydroxylamine groups is 2. The predicted octanol–water partition coefficient (Wildman–Crippen LogP) is 3.72. The number of para-hydroxylation sites is 2. The molecule has 2 aromatic rings. The molecule has 0 saturated carbocycles. The summed E-state index contributed by atoms with van der Waals surface area (Å²) in [5.41, 5.74) is 3.99. The number of hydrogen-bond donors (Lipinski definition) is 1. The molecule has 2 aromatic carbocycles. The van der Waals surface area contributed by atoms with Gasteiger partial charge in [0.2, 0.25) is 0 Å². The van der Waals surface area contributed by atoms with E-state index in [0.29, 0.717) is 11.4 Å². The summed E-state index contributed by atoms with van der Waals surface area (Å²) in [5.74, 6) is -1.09. The number of aliphatic carboxylic acids is 1. The van der Waals surface area contributed by atoms with Crippen molar-refractivity contribution in [3.05, 3.63) is 64.4 Å². The van der Waals surface area contributed by atoms with Gasteiger partial charge in [0.1, 0.15) is 12.2 Å². The SMILES string of the molecule is Cc1ccc(CN2C(=O)[N+]([O-])(CCC(=O)O)c3ccccc32)c(C)c1. The number of urea groups is 1. The maximum absolute atomic E-state index is 13.2. The average molecular weight is 340 g/mol. The Morgan fingerprint density at radius 3 is 2.60 bits per heavy atom. The van der Waals surface area contributed by atoms with E-state index in [1.807, 2.05) is 32.0 Å². The molecule has 1 atom stereocenters. The van der Waals surface area contributed by atoms with Gasteiger partial charge in [0.05, 0.1) is 13.0 Å². The molecule has 1 N–H and O–H groups in total. The van der Waals surface area contributed by atoms with Crippen LogP contribution in [0.4, 0.5) is 16.2 Å². The lowest BCUT2D eigenvalue weighted by atomic mass is 10.1. The van der Waals surface area contributed by atoms with Crippen molar-refractivity contribution >= 4 is 23.4 Å². The van der Waals surface area contributed by atoms with Crippen molar-refractivity contribution < 1.29 is 14.7 Å². The number of fused-ring (bicyclic) bond motifs is 1. The number of carboxylic acids is 1. The molecule has 3 rings (SSSR count). The van der Waals surface area contributed by atoms with Gasteiger partial charge in [-0.05, 0) is 31.0 Å². The summed E-state index contributed by atoms with van der Waals surface area (Å²) < 4.78 is -1.26. The average Bonchev–Trinajstić information content (AvgIpc) is 2.78. The summed E-state index contributed by atoms with van der Waals surface area (Å²) in [7, 11) is 0. The number of rotatable bonds is 5. The highest BCUT2D eigenvalue weighted by molar-refractivity contribution is 6.10. The number of carboxylic acid groups (broad SMARTS) is 1. The fourth-order valence-corrected chi connectivity index (χ4v) is 3.21. The molecule has 25 heavy (non-hydrogen) atoms. The fraction of sp³-hybridized carbons (Fsp3) is 0.263. The van der Waals surface area contributed by atoms with Crippen molar-refractivity contribution in [3.8, 4) is 0 Å². The Bertz CT molecular complexity index is 849. The Kier molecular flexibility index (Phi) is 4.32. The minimum atomic E-state index is -1.26. The number of benzene rings is 2. The van der Waals surface area contributed by atoms with Gasteiger partial charge in [0.25, 0.3) is 0 Å². The number of anilines is 1. The molecule has 1 unspecified atom stereocenters. The molecule has 2 amide bonds. The second-order valence-corrected chi connectivity index (χ2v) is 6.39. The first kappa shape index (κ1) is 17.1. The molecule has 1 heterocycles. The zero-order valence-corrected chi connectivity index (χ0v) is 14.2. The van der Waals surface area contributed by atoms with E-state index in [2.05, 4.69) is 0 Å². The first-order valence-corrected chi connectivity index (χ1v) is 8.11. The summed E-state index contributed by atoms with van der Waals surface area (Å²) in [6, 6.07) is 12.1. The van der Waals surface area contributed by atoms with Crippen molar-refractivity contribution in [2.75, 3.05) is 11.4 Å². The minimum absolute atomic E-state index is 0.289. The molecule has 1 aliphatic heterocycles. The first-order valence-electron chi connectivity index (χ1n) is 8.11. The Labute approximate surface area is 146 Å². The van der Waals surface area contributed by atoms with Gasteiger partial charge in [0, 0.05) is 6.07 Å². The van der Waals surface area contributed by atoms with Crippen LogP contribution in [0.1, 0.15) is 23.1 Å². The van der Waals surface area contributed by atoms with Gasteiger partial charge in [-0.25, -0.2) is 9.44 Å². The van der Waals surface area contributed by atoms with Crippen molar-refractivity contribution in [3.63, 3.8) is 0 Å². The summed E-state index contributed by atoms with van der Waals surface area (Å²) in [4.78, 5) is 25.2. The zero-order valence-electron chi connectivity index (χ0n) is 14.2. The van der Waals surface area contributed by atoms with E-state index in [1.165, 1.54) is 4.90 Å². The largest absolute Gasteiger partial charge is 0.618 e. The number of quaternary nitrogens is 1. The van der Waals surface area contributed by atoms with Crippen LogP contribution in [0.3, 0.4) is 0 Å². The topological polar surface area (TPSA) is 80.7 Å². The van der Waals surface area contributed by atoms with Gasteiger partial charge in [0.15, 0.2) is 5.69 Å². The van der Waals surface area contributed by atoms with E-state index in [4.69, 9.17) is 5.11 Å². The quantitative estimate of drug-likeness (QED) is 0.664. The molecule has 0 bridgehead atoms. The van der Waals surface area contributed by atoms with Crippen LogP contribution >= 0.6 is 0 Å². The van der Waals surface area contributed by atoms with E-state index in [9.17, 15) is 14.8 Å². The van der Waals surface area contributed by atoms with Crippen LogP contribution < -0.4 is 9.55 Å². The Morgan fingerprint density at radius 1 is 1.20 bits per heavy atom. The number of carbonyl (C=O) groups is 2. The lowest BCUT2D eigenvalue weighted by molar-refractivity contribution is -0.137. The lowest BCUT2D eigenvalue weighted by Crippen LogP contribution is -2.51. The lowest BCUT2D eigenvalue weighted by Gasteiger charge is -2.34. The highest BCUT2D eigenvalue weighted by Gasteiger charge is 2.46. The van der Waals surface area contributed by atoms with Gasteiger partial charge in [-0.15, -0.1) is 0 Å². The van der Waals surface area contributed by atoms with Crippen LogP contribution in [-0.2, 0) is 11.3 Å². The first-order chi connectivity index (χ1) is 11.8. The van der Waals surface area contributed by atoms with Crippen molar-refractivity contribution in [1.82, 2.24) is 4.65 Å². The van der Waals surface area contributed by atoms with Crippen LogP contribution in [0, 0.1) is 19.1 Å². The highest BCUT2D eigenvalue weighted by atomic mass is 16.6. The predicted molar refractivity (Wildman–Crippen MR) is 96.2 cm³/mol. The number of hydrogen-bond acceptors (Lipinski definition) is 3. The van der Waals surface area contributed by atoms with Crippen molar-refractivity contribution in [1.29, 1.82) is 0 Å². The third-order valence-electron chi connectivity index (χ3n) is 4.57. The van der Waals surface area contributed by atoms with Crippen LogP contribution in [0.25, 0.3) is 0 Å². The van der Waals surface area contributed by atoms with E-state index in [1.54, 1.807) is 24.3 Å². The molecule has 0 spiro atoms. The Balaban J connectivity index is 1.98.